The lowest BCUT2D eigenvalue weighted by Crippen LogP contribution is -2.44. The number of aromatic carboxylic acids is 1. The molecular formula is C12H17N3O2. The summed E-state index contributed by atoms with van der Waals surface area (Å²) in [6.45, 7) is 7.06. The van der Waals surface area contributed by atoms with Crippen molar-refractivity contribution in [2.24, 2.45) is 0 Å². The lowest BCUT2D eigenvalue weighted by Gasteiger charge is -2.30. The lowest BCUT2D eigenvalue weighted by atomic mass is 10.1. The van der Waals surface area contributed by atoms with Crippen LogP contribution in [0, 0.1) is 13.8 Å². The fraction of sp³-hybridized carbons (Fsp3) is 0.500. The number of carboxylic acid groups (broad SMARTS) is 1. The minimum absolute atomic E-state index is 0.331. The quantitative estimate of drug-likeness (QED) is 0.794. The summed E-state index contributed by atoms with van der Waals surface area (Å²) in [4.78, 5) is 17.8. The van der Waals surface area contributed by atoms with Crippen LogP contribution < -0.4 is 10.2 Å². The average molecular weight is 235 g/mol. The fourth-order valence-electron chi connectivity index (χ4n) is 2.19. The Morgan fingerprint density at radius 1 is 1.41 bits per heavy atom. The predicted octanol–water partition coefficient (Wildman–Crippen LogP) is 0.806. The van der Waals surface area contributed by atoms with Gasteiger partial charge < -0.3 is 15.3 Å². The van der Waals surface area contributed by atoms with Gasteiger partial charge in [0, 0.05) is 31.9 Å². The van der Waals surface area contributed by atoms with Gasteiger partial charge in [0.2, 0.25) is 0 Å². The Labute approximate surface area is 100 Å². The molecule has 17 heavy (non-hydrogen) atoms. The minimum atomic E-state index is -0.900. The average Bonchev–Trinajstić information content (AvgIpc) is 2.28. The molecular weight excluding hydrogens is 218 g/mol. The molecule has 1 fully saturated rings. The Morgan fingerprint density at radius 2 is 2.06 bits per heavy atom. The molecule has 0 radical (unpaired) electrons. The second-order valence-electron chi connectivity index (χ2n) is 4.32. The first-order valence-electron chi connectivity index (χ1n) is 5.77. The Bertz CT molecular complexity index is 440. The molecule has 2 N–H and O–H groups in total. The van der Waals surface area contributed by atoms with Gasteiger partial charge in [-0.3, -0.25) is 0 Å². The number of piperazine rings is 1. The van der Waals surface area contributed by atoms with Crippen molar-refractivity contribution in [1.29, 1.82) is 0 Å². The normalized spacial score (nSPS) is 16.0. The van der Waals surface area contributed by atoms with E-state index in [1.54, 1.807) is 0 Å². The molecule has 0 atom stereocenters. The van der Waals surface area contributed by atoms with Gasteiger partial charge in [0.05, 0.1) is 0 Å². The SMILES string of the molecule is Cc1cc(C)c(C(=O)O)c(N2CCNCC2)n1. The van der Waals surface area contributed by atoms with Gasteiger partial charge in [0.25, 0.3) is 0 Å². The van der Waals surface area contributed by atoms with Crippen LogP contribution in [-0.4, -0.2) is 42.2 Å². The smallest absolute Gasteiger partial charge is 0.339 e. The lowest BCUT2D eigenvalue weighted by molar-refractivity contribution is 0.0696. The topological polar surface area (TPSA) is 65.5 Å². The third-order valence-corrected chi connectivity index (χ3v) is 2.96. The predicted molar refractivity (Wildman–Crippen MR) is 65.8 cm³/mol. The highest BCUT2D eigenvalue weighted by atomic mass is 16.4. The molecule has 1 aromatic heterocycles. The summed E-state index contributed by atoms with van der Waals surface area (Å²) in [5.74, 6) is -0.292. The van der Waals surface area contributed by atoms with Crippen molar-refractivity contribution in [3.63, 3.8) is 0 Å². The van der Waals surface area contributed by atoms with Gasteiger partial charge in [-0.15, -0.1) is 0 Å². The van der Waals surface area contributed by atoms with E-state index < -0.39 is 5.97 Å². The van der Waals surface area contributed by atoms with Crippen LogP contribution in [0.1, 0.15) is 21.6 Å². The third-order valence-electron chi connectivity index (χ3n) is 2.96. The molecule has 5 heteroatoms. The molecule has 1 aliphatic heterocycles. The van der Waals surface area contributed by atoms with E-state index >= 15 is 0 Å². The van der Waals surface area contributed by atoms with Gasteiger partial charge in [-0.25, -0.2) is 9.78 Å². The number of nitrogens with one attached hydrogen (secondary N) is 1. The molecule has 2 heterocycles. The van der Waals surface area contributed by atoms with Crippen molar-refractivity contribution < 1.29 is 9.90 Å². The summed E-state index contributed by atoms with van der Waals surface area (Å²) in [6.07, 6.45) is 0. The van der Waals surface area contributed by atoms with Crippen LogP contribution in [-0.2, 0) is 0 Å². The minimum Gasteiger partial charge on any atom is -0.478 e. The first kappa shape index (κ1) is 11.9. The van der Waals surface area contributed by atoms with Crippen LogP contribution in [0.3, 0.4) is 0 Å². The van der Waals surface area contributed by atoms with Crippen LogP contribution >= 0.6 is 0 Å². The van der Waals surface area contributed by atoms with Crippen molar-refractivity contribution >= 4 is 11.8 Å². The van der Waals surface area contributed by atoms with Crippen molar-refractivity contribution in [2.45, 2.75) is 13.8 Å². The van der Waals surface area contributed by atoms with Gasteiger partial charge >= 0.3 is 5.97 Å². The Hall–Kier alpha value is -1.62. The van der Waals surface area contributed by atoms with Crippen LogP contribution in [0.15, 0.2) is 6.07 Å². The number of hydrogen-bond donors (Lipinski definition) is 2. The number of aromatic nitrogens is 1. The molecule has 0 aliphatic carbocycles. The third kappa shape index (κ3) is 2.39. The maximum atomic E-state index is 11.3. The fourth-order valence-corrected chi connectivity index (χ4v) is 2.19. The largest absolute Gasteiger partial charge is 0.478 e. The Morgan fingerprint density at radius 3 is 2.65 bits per heavy atom. The summed E-state index contributed by atoms with van der Waals surface area (Å²) < 4.78 is 0. The number of anilines is 1. The van der Waals surface area contributed by atoms with E-state index in [0.29, 0.717) is 11.4 Å². The number of hydrogen-bond acceptors (Lipinski definition) is 4. The number of pyridine rings is 1. The number of rotatable bonds is 2. The van der Waals surface area contributed by atoms with E-state index in [1.165, 1.54) is 0 Å². The standard InChI is InChI=1S/C12H17N3O2/c1-8-7-9(2)14-11(10(8)12(16)17)15-5-3-13-4-6-15/h7,13H,3-6H2,1-2H3,(H,16,17). The number of aryl methyl sites for hydroxylation is 2. The van der Waals surface area contributed by atoms with Gasteiger partial charge in [-0.05, 0) is 25.5 Å². The molecule has 0 aromatic carbocycles. The van der Waals surface area contributed by atoms with Gasteiger partial charge in [0.1, 0.15) is 11.4 Å². The van der Waals surface area contributed by atoms with Crippen LogP contribution in [0.4, 0.5) is 5.82 Å². The van der Waals surface area contributed by atoms with E-state index in [-0.39, 0.29) is 0 Å². The van der Waals surface area contributed by atoms with E-state index in [9.17, 15) is 9.90 Å². The van der Waals surface area contributed by atoms with E-state index in [0.717, 1.165) is 37.4 Å². The number of carbonyl (C=O) groups is 1. The molecule has 5 nitrogen and oxygen atoms in total. The zero-order chi connectivity index (χ0) is 12.4. The first-order valence-corrected chi connectivity index (χ1v) is 5.77. The second kappa shape index (κ2) is 4.71. The first-order chi connectivity index (χ1) is 8.09. The zero-order valence-corrected chi connectivity index (χ0v) is 10.2. The van der Waals surface area contributed by atoms with Gasteiger partial charge in [-0.2, -0.15) is 0 Å². The van der Waals surface area contributed by atoms with Gasteiger partial charge in [-0.1, -0.05) is 0 Å². The van der Waals surface area contributed by atoms with Crippen molar-refractivity contribution in [3.05, 3.63) is 22.9 Å². The number of nitrogens with zero attached hydrogens (tertiary/aromatic N) is 2. The molecule has 0 unspecified atom stereocenters. The molecule has 92 valence electrons. The monoisotopic (exact) mass is 235 g/mol. The highest BCUT2D eigenvalue weighted by Gasteiger charge is 2.21. The Balaban J connectivity index is 2.46. The molecule has 0 amide bonds. The van der Waals surface area contributed by atoms with Crippen molar-refractivity contribution in [2.75, 3.05) is 31.1 Å². The molecule has 2 rings (SSSR count). The molecule has 1 saturated heterocycles. The van der Waals surface area contributed by atoms with E-state index in [4.69, 9.17) is 0 Å². The van der Waals surface area contributed by atoms with Crippen LogP contribution in [0.5, 0.6) is 0 Å². The number of carboxylic acids is 1. The summed E-state index contributed by atoms with van der Waals surface area (Å²) >= 11 is 0. The highest BCUT2D eigenvalue weighted by Crippen LogP contribution is 2.22. The highest BCUT2D eigenvalue weighted by molar-refractivity contribution is 5.95. The zero-order valence-electron chi connectivity index (χ0n) is 10.2. The Kier molecular flexibility index (Phi) is 3.28. The molecule has 1 aromatic rings. The van der Waals surface area contributed by atoms with E-state index in [2.05, 4.69) is 10.3 Å². The van der Waals surface area contributed by atoms with Gasteiger partial charge in [0.15, 0.2) is 0 Å². The summed E-state index contributed by atoms with van der Waals surface area (Å²) in [5, 5.41) is 12.5. The maximum absolute atomic E-state index is 11.3. The van der Waals surface area contributed by atoms with Crippen molar-refractivity contribution in [1.82, 2.24) is 10.3 Å². The molecule has 0 spiro atoms. The van der Waals surface area contributed by atoms with Crippen LogP contribution in [0.2, 0.25) is 0 Å². The summed E-state index contributed by atoms with van der Waals surface area (Å²) in [7, 11) is 0. The van der Waals surface area contributed by atoms with Crippen molar-refractivity contribution in [3.8, 4) is 0 Å². The molecule has 1 aliphatic rings. The summed E-state index contributed by atoms with van der Waals surface area (Å²) in [6, 6.07) is 1.81. The second-order valence-corrected chi connectivity index (χ2v) is 4.32. The summed E-state index contributed by atoms with van der Waals surface area (Å²) in [5.41, 5.74) is 1.97. The van der Waals surface area contributed by atoms with E-state index in [1.807, 2.05) is 24.8 Å². The molecule has 0 bridgehead atoms. The molecule has 0 saturated carbocycles. The maximum Gasteiger partial charge on any atom is 0.339 e. The van der Waals surface area contributed by atoms with Crippen LogP contribution in [0.25, 0.3) is 0 Å².